The van der Waals surface area contributed by atoms with Gasteiger partial charge in [-0.25, -0.2) is 0 Å². The van der Waals surface area contributed by atoms with Crippen molar-refractivity contribution in [1.82, 2.24) is 0 Å². The van der Waals surface area contributed by atoms with Crippen molar-refractivity contribution in [2.45, 2.75) is 20.5 Å². The molecule has 0 unspecified atom stereocenters. The van der Waals surface area contributed by atoms with Gasteiger partial charge in [0.2, 0.25) is 0 Å². The maximum atomic E-state index is 9.19. The summed E-state index contributed by atoms with van der Waals surface area (Å²) in [5.41, 5.74) is 4.26. The number of hydrogen-bond donors (Lipinski definition) is 0. The van der Waals surface area contributed by atoms with Crippen LogP contribution in [-0.4, -0.2) is 12.8 Å². The molecule has 22 heavy (non-hydrogen) atoms. The molecule has 0 aliphatic heterocycles. The SMILES string of the molecule is CON=C(C#N)c1ccccc1COc1ccc(C)c(C)c1. The van der Waals surface area contributed by atoms with Crippen molar-refractivity contribution in [3.05, 3.63) is 64.7 Å². The van der Waals surface area contributed by atoms with Crippen molar-refractivity contribution >= 4 is 5.71 Å². The van der Waals surface area contributed by atoms with Crippen molar-refractivity contribution in [3.63, 3.8) is 0 Å². The highest BCUT2D eigenvalue weighted by Crippen LogP contribution is 2.19. The molecule has 0 fully saturated rings. The van der Waals surface area contributed by atoms with E-state index in [-0.39, 0.29) is 5.71 Å². The molecule has 0 atom stereocenters. The van der Waals surface area contributed by atoms with Crippen molar-refractivity contribution in [1.29, 1.82) is 5.26 Å². The Morgan fingerprint density at radius 3 is 2.59 bits per heavy atom. The maximum absolute atomic E-state index is 9.19. The molecule has 0 amide bonds. The third-order valence-electron chi connectivity index (χ3n) is 3.43. The fraction of sp³-hybridized carbons (Fsp3) is 0.222. The van der Waals surface area contributed by atoms with E-state index in [0.29, 0.717) is 6.61 Å². The minimum Gasteiger partial charge on any atom is -0.489 e. The smallest absolute Gasteiger partial charge is 0.187 e. The number of benzene rings is 2. The second-order valence-electron chi connectivity index (χ2n) is 4.93. The largest absolute Gasteiger partial charge is 0.489 e. The lowest BCUT2D eigenvalue weighted by Crippen LogP contribution is -2.06. The quantitative estimate of drug-likeness (QED) is 0.623. The Bertz CT molecular complexity index is 730. The summed E-state index contributed by atoms with van der Waals surface area (Å²) in [4.78, 5) is 4.72. The standard InChI is InChI=1S/C18H18N2O2/c1-13-8-9-16(10-14(13)2)22-12-15-6-4-5-7-17(15)18(11-19)20-21-3/h4-10H,12H2,1-3H3. The predicted octanol–water partition coefficient (Wildman–Crippen LogP) is 3.76. The lowest BCUT2D eigenvalue weighted by Gasteiger charge is -2.11. The van der Waals surface area contributed by atoms with Gasteiger partial charge in [-0.05, 0) is 42.7 Å². The molecule has 0 heterocycles. The van der Waals surface area contributed by atoms with Gasteiger partial charge in [0.05, 0.1) is 0 Å². The Hall–Kier alpha value is -2.80. The molecule has 0 N–H and O–H groups in total. The molecule has 4 heteroatoms. The molecule has 4 nitrogen and oxygen atoms in total. The molecule has 0 aliphatic rings. The Kier molecular flexibility index (Phi) is 5.16. The molecule has 2 aromatic carbocycles. The van der Waals surface area contributed by atoms with Gasteiger partial charge in [-0.2, -0.15) is 5.26 Å². The molecule has 0 saturated heterocycles. The number of nitrogens with zero attached hydrogens (tertiary/aromatic N) is 2. The number of ether oxygens (including phenoxy) is 1. The Morgan fingerprint density at radius 1 is 1.14 bits per heavy atom. The van der Waals surface area contributed by atoms with E-state index in [1.807, 2.05) is 48.5 Å². The third kappa shape index (κ3) is 3.64. The summed E-state index contributed by atoms with van der Waals surface area (Å²) in [5, 5.41) is 12.9. The first kappa shape index (κ1) is 15.6. The van der Waals surface area contributed by atoms with E-state index >= 15 is 0 Å². The first-order valence-electron chi connectivity index (χ1n) is 6.95. The third-order valence-corrected chi connectivity index (χ3v) is 3.43. The summed E-state index contributed by atoms with van der Waals surface area (Å²) in [6, 6.07) is 15.5. The monoisotopic (exact) mass is 294 g/mol. The van der Waals surface area contributed by atoms with Crippen LogP contribution in [0.2, 0.25) is 0 Å². The number of nitriles is 1. The average molecular weight is 294 g/mol. The summed E-state index contributed by atoms with van der Waals surface area (Å²) in [6.07, 6.45) is 0. The highest BCUT2D eigenvalue weighted by Gasteiger charge is 2.10. The molecule has 0 bridgehead atoms. The normalized spacial score (nSPS) is 10.9. The van der Waals surface area contributed by atoms with Crippen LogP contribution in [0.15, 0.2) is 47.6 Å². The second-order valence-corrected chi connectivity index (χ2v) is 4.93. The van der Waals surface area contributed by atoms with Gasteiger partial charge in [-0.1, -0.05) is 35.5 Å². The van der Waals surface area contributed by atoms with Gasteiger partial charge in [-0.15, -0.1) is 0 Å². The summed E-state index contributed by atoms with van der Waals surface area (Å²) in [5.74, 6) is 0.806. The van der Waals surface area contributed by atoms with Crippen molar-refractivity contribution < 1.29 is 9.57 Å². The van der Waals surface area contributed by atoms with Crippen LogP contribution in [0.1, 0.15) is 22.3 Å². The maximum Gasteiger partial charge on any atom is 0.187 e. The summed E-state index contributed by atoms with van der Waals surface area (Å²) in [7, 11) is 1.42. The Labute approximate surface area is 130 Å². The van der Waals surface area contributed by atoms with Crippen LogP contribution in [-0.2, 0) is 11.4 Å². The van der Waals surface area contributed by atoms with Crippen LogP contribution in [0, 0.1) is 25.2 Å². The van der Waals surface area contributed by atoms with Gasteiger partial charge in [0, 0.05) is 5.56 Å². The number of oxime groups is 1. The van der Waals surface area contributed by atoms with Crippen LogP contribution in [0.4, 0.5) is 0 Å². The van der Waals surface area contributed by atoms with Crippen molar-refractivity contribution in [2.75, 3.05) is 7.11 Å². The zero-order valence-corrected chi connectivity index (χ0v) is 13.0. The van der Waals surface area contributed by atoms with E-state index in [9.17, 15) is 5.26 Å². The molecule has 0 radical (unpaired) electrons. The van der Waals surface area contributed by atoms with Gasteiger partial charge in [-0.3, -0.25) is 0 Å². The van der Waals surface area contributed by atoms with Gasteiger partial charge in [0.15, 0.2) is 5.71 Å². The average Bonchev–Trinajstić information content (AvgIpc) is 2.54. The van der Waals surface area contributed by atoms with Crippen molar-refractivity contribution in [3.8, 4) is 11.8 Å². The van der Waals surface area contributed by atoms with Crippen LogP contribution < -0.4 is 4.74 Å². The second kappa shape index (κ2) is 7.28. The van der Waals surface area contributed by atoms with Crippen LogP contribution in [0.5, 0.6) is 5.75 Å². The van der Waals surface area contributed by atoms with Gasteiger partial charge < -0.3 is 9.57 Å². The molecule has 0 saturated carbocycles. The fourth-order valence-corrected chi connectivity index (χ4v) is 2.06. The summed E-state index contributed by atoms with van der Waals surface area (Å²) < 4.78 is 5.84. The zero-order valence-electron chi connectivity index (χ0n) is 13.0. The minimum absolute atomic E-state index is 0.238. The zero-order chi connectivity index (χ0) is 15.9. The van der Waals surface area contributed by atoms with Crippen molar-refractivity contribution in [2.24, 2.45) is 5.16 Å². The van der Waals surface area contributed by atoms with Gasteiger partial charge >= 0.3 is 0 Å². The number of hydrogen-bond acceptors (Lipinski definition) is 4. The van der Waals surface area contributed by atoms with E-state index < -0.39 is 0 Å². The lowest BCUT2D eigenvalue weighted by atomic mass is 10.0. The van der Waals surface area contributed by atoms with Gasteiger partial charge in [0.25, 0.3) is 0 Å². The molecule has 2 aromatic rings. The Balaban J connectivity index is 2.21. The number of aryl methyl sites for hydroxylation is 2. The van der Waals surface area contributed by atoms with Crippen LogP contribution in [0.3, 0.4) is 0 Å². The topological polar surface area (TPSA) is 54.6 Å². The fourth-order valence-electron chi connectivity index (χ4n) is 2.06. The first-order valence-corrected chi connectivity index (χ1v) is 6.95. The minimum atomic E-state index is 0.238. The first-order chi connectivity index (χ1) is 10.7. The summed E-state index contributed by atoms with van der Waals surface area (Å²) in [6.45, 7) is 4.48. The molecule has 2 rings (SSSR count). The molecule has 0 spiro atoms. The van der Waals surface area contributed by atoms with E-state index in [4.69, 9.17) is 9.57 Å². The molecule has 0 aromatic heterocycles. The number of rotatable bonds is 5. The molecular formula is C18H18N2O2. The van der Waals surface area contributed by atoms with E-state index in [2.05, 4.69) is 19.0 Å². The van der Waals surface area contributed by atoms with Crippen LogP contribution in [0.25, 0.3) is 0 Å². The highest BCUT2D eigenvalue weighted by atomic mass is 16.6. The van der Waals surface area contributed by atoms with Gasteiger partial charge in [0.1, 0.15) is 25.5 Å². The van der Waals surface area contributed by atoms with E-state index in [0.717, 1.165) is 16.9 Å². The van der Waals surface area contributed by atoms with Crippen LogP contribution >= 0.6 is 0 Å². The summed E-state index contributed by atoms with van der Waals surface area (Å²) >= 11 is 0. The van der Waals surface area contributed by atoms with E-state index in [1.54, 1.807) is 0 Å². The molecule has 0 aliphatic carbocycles. The molecular weight excluding hydrogens is 276 g/mol. The lowest BCUT2D eigenvalue weighted by molar-refractivity contribution is 0.214. The highest BCUT2D eigenvalue weighted by molar-refractivity contribution is 6.12. The molecule has 112 valence electrons. The van der Waals surface area contributed by atoms with E-state index in [1.165, 1.54) is 18.2 Å². The predicted molar refractivity (Wildman–Crippen MR) is 85.8 cm³/mol. The Morgan fingerprint density at radius 2 is 1.91 bits per heavy atom.